The van der Waals surface area contributed by atoms with Crippen molar-refractivity contribution in [3.05, 3.63) is 47.5 Å². The molecule has 4 nitrogen and oxygen atoms in total. The summed E-state index contributed by atoms with van der Waals surface area (Å²) in [6.07, 6.45) is 5.63. The predicted octanol–water partition coefficient (Wildman–Crippen LogP) is 2.80. The van der Waals surface area contributed by atoms with Gasteiger partial charge in [-0.2, -0.15) is 5.10 Å². The minimum Gasteiger partial charge on any atom is -0.322 e. The van der Waals surface area contributed by atoms with E-state index in [9.17, 15) is 0 Å². The molecule has 2 atom stereocenters. The second-order valence-corrected chi connectivity index (χ2v) is 5.11. The summed E-state index contributed by atoms with van der Waals surface area (Å²) in [7, 11) is 0. The van der Waals surface area contributed by atoms with E-state index in [2.05, 4.69) is 30.9 Å². The Bertz CT molecular complexity index is 532. The molecule has 2 unspecified atom stereocenters. The van der Waals surface area contributed by atoms with E-state index < -0.39 is 0 Å². The van der Waals surface area contributed by atoms with Gasteiger partial charge in [-0.05, 0) is 44.0 Å². The van der Waals surface area contributed by atoms with Crippen molar-refractivity contribution in [2.75, 3.05) is 0 Å². The molecule has 0 fully saturated rings. The van der Waals surface area contributed by atoms with Crippen LogP contribution in [0.4, 0.5) is 0 Å². The summed E-state index contributed by atoms with van der Waals surface area (Å²) in [6.45, 7) is 6.38. The van der Waals surface area contributed by atoms with Crippen molar-refractivity contribution >= 4 is 0 Å². The van der Waals surface area contributed by atoms with Crippen LogP contribution in [0, 0.1) is 6.92 Å². The van der Waals surface area contributed by atoms with E-state index in [4.69, 9.17) is 5.73 Å². The molecule has 2 aromatic rings. The van der Waals surface area contributed by atoms with Crippen LogP contribution in [0.15, 0.2) is 30.6 Å². The van der Waals surface area contributed by atoms with Crippen LogP contribution in [-0.4, -0.2) is 14.8 Å². The van der Waals surface area contributed by atoms with E-state index in [0.29, 0.717) is 6.04 Å². The predicted molar refractivity (Wildman–Crippen MR) is 76.8 cm³/mol. The quantitative estimate of drug-likeness (QED) is 0.897. The van der Waals surface area contributed by atoms with Crippen molar-refractivity contribution in [1.82, 2.24) is 14.8 Å². The summed E-state index contributed by atoms with van der Waals surface area (Å²) < 4.78 is 2.01. The van der Waals surface area contributed by atoms with Gasteiger partial charge in [0.25, 0.3) is 0 Å². The molecule has 2 aromatic heterocycles. The fraction of sp³-hybridized carbons (Fsp3) is 0.467. The van der Waals surface area contributed by atoms with Crippen LogP contribution in [0.25, 0.3) is 0 Å². The van der Waals surface area contributed by atoms with Gasteiger partial charge in [-0.25, -0.2) is 0 Å². The highest BCUT2D eigenvalue weighted by molar-refractivity contribution is 5.18. The van der Waals surface area contributed by atoms with E-state index in [1.54, 1.807) is 0 Å². The Labute approximate surface area is 114 Å². The largest absolute Gasteiger partial charge is 0.322 e. The zero-order chi connectivity index (χ0) is 13.8. The maximum absolute atomic E-state index is 6.20. The fourth-order valence-electron chi connectivity index (χ4n) is 2.01. The molecule has 0 aromatic carbocycles. The second kappa shape index (κ2) is 5.97. The maximum atomic E-state index is 6.20. The fourth-order valence-corrected chi connectivity index (χ4v) is 2.01. The summed E-state index contributed by atoms with van der Waals surface area (Å²) >= 11 is 0. The molecule has 0 radical (unpaired) electrons. The zero-order valence-corrected chi connectivity index (χ0v) is 11.9. The Morgan fingerprint density at radius 1 is 1.37 bits per heavy atom. The van der Waals surface area contributed by atoms with Crippen molar-refractivity contribution in [1.29, 1.82) is 0 Å². The van der Waals surface area contributed by atoms with Gasteiger partial charge in [-0.15, -0.1) is 0 Å². The molecular weight excluding hydrogens is 236 g/mol. The smallest absolute Gasteiger partial charge is 0.0644 e. The van der Waals surface area contributed by atoms with Gasteiger partial charge in [0.2, 0.25) is 0 Å². The number of aromatic nitrogens is 3. The molecule has 4 heteroatoms. The molecular formula is C15H22N4. The Morgan fingerprint density at radius 3 is 2.84 bits per heavy atom. The molecule has 2 heterocycles. The van der Waals surface area contributed by atoms with Gasteiger partial charge >= 0.3 is 0 Å². The third-order valence-electron chi connectivity index (χ3n) is 3.45. The Kier molecular flexibility index (Phi) is 4.32. The molecule has 0 aliphatic heterocycles. The summed E-state index contributed by atoms with van der Waals surface area (Å²) in [6, 6.07) is 6.40. The highest BCUT2D eigenvalue weighted by Crippen LogP contribution is 2.15. The van der Waals surface area contributed by atoms with Gasteiger partial charge in [0, 0.05) is 24.9 Å². The van der Waals surface area contributed by atoms with Crippen LogP contribution in [0.2, 0.25) is 0 Å². The average Bonchev–Trinajstić information content (AvgIpc) is 2.86. The first-order chi connectivity index (χ1) is 9.10. The van der Waals surface area contributed by atoms with Gasteiger partial charge in [0.1, 0.15) is 0 Å². The van der Waals surface area contributed by atoms with E-state index in [-0.39, 0.29) is 6.04 Å². The Hall–Kier alpha value is -1.68. The van der Waals surface area contributed by atoms with Gasteiger partial charge in [0.05, 0.1) is 17.4 Å². The summed E-state index contributed by atoms with van der Waals surface area (Å²) in [5, 5.41) is 4.58. The number of pyridine rings is 1. The van der Waals surface area contributed by atoms with Crippen LogP contribution in [-0.2, 0) is 6.42 Å². The van der Waals surface area contributed by atoms with Crippen molar-refractivity contribution < 1.29 is 0 Å². The van der Waals surface area contributed by atoms with Crippen LogP contribution in [0.5, 0.6) is 0 Å². The van der Waals surface area contributed by atoms with Crippen LogP contribution in [0.3, 0.4) is 0 Å². The first-order valence-electron chi connectivity index (χ1n) is 6.82. The first-order valence-corrected chi connectivity index (χ1v) is 6.82. The highest BCUT2D eigenvalue weighted by Gasteiger charge is 2.11. The lowest BCUT2D eigenvalue weighted by Crippen LogP contribution is -2.15. The molecule has 0 aliphatic rings. The average molecular weight is 258 g/mol. The third kappa shape index (κ3) is 3.41. The van der Waals surface area contributed by atoms with Crippen molar-refractivity contribution in [2.45, 2.75) is 45.7 Å². The standard InChI is InChI=1S/C15H22N4/c1-4-12(3)19-8-6-13(18-19)10-14(16)15-9-11(2)5-7-17-15/h5-9,12,14H,4,10,16H2,1-3H3. The van der Waals surface area contributed by atoms with Crippen molar-refractivity contribution in [3.8, 4) is 0 Å². The normalized spacial score (nSPS) is 14.3. The molecule has 2 rings (SSSR count). The Morgan fingerprint density at radius 2 is 2.16 bits per heavy atom. The molecule has 0 amide bonds. The topological polar surface area (TPSA) is 56.7 Å². The minimum absolute atomic E-state index is 0.0971. The van der Waals surface area contributed by atoms with Crippen LogP contribution >= 0.6 is 0 Å². The molecule has 0 saturated carbocycles. The summed E-state index contributed by atoms with van der Waals surface area (Å²) in [5.41, 5.74) is 9.34. The number of hydrogen-bond acceptors (Lipinski definition) is 3. The third-order valence-corrected chi connectivity index (χ3v) is 3.45. The SMILES string of the molecule is CCC(C)n1ccc(CC(N)c2cc(C)ccn2)n1. The summed E-state index contributed by atoms with van der Waals surface area (Å²) in [5.74, 6) is 0. The molecule has 0 aliphatic carbocycles. The maximum Gasteiger partial charge on any atom is 0.0644 e. The lowest BCUT2D eigenvalue weighted by molar-refractivity contribution is 0.471. The Balaban J connectivity index is 2.06. The highest BCUT2D eigenvalue weighted by atomic mass is 15.3. The molecule has 0 saturated heterocycles. The lowest BCUT2D eigenvalue weighted by atomic mass is 10.1. The molecule has 19 heavy (non-hydrogen) atoms. The van der Waals surface area contributed by atoms with Crippen LogP contribution in [0.1, 0.15) is 49.3 Å². The molecule has 0 spiro atoms. The number of nitrogens with zero attached hydrogens (tertiary/aromatic N) is 3. The number of nitrogens with two attached hydrogens (primary N) is 1. The lowest BCUT2D eigenvalue weighted by Gasteiger charge is -2.11. The van der Waals surface area contributed by atoms with Gasteiger partial charge in [-0.3, -0.25) is 9.67 Å². The van der Waals surface area contributed by atoms with E-state index in [1.807, 2.05) is 35.3 Å². The minimum atomic E-state index is -0.0971. The number of aryl methyl sites for hydroxylation is 1. The molecule has 2 N–H and O–H groups in total. The number of hydrogen-bond donors (Lipinski definition) is 1. The summed E-state index contributed by atoms with van der Waals surface area (Å²) in [4.78, 5) is 4.33. The first kappa shape index (κ1) is 13.7. The van der Waals surface area contributed by atoms with Crippen LogP contribution < -0.4 is 5.73 Å². The van der Waals surface area contributed by atoms with Gasteiger partial charge in [-0.1, -0.05) is 6.92 Å². The van der Waals surface area contributed by atoms with E-state index >= 15 is 0 Å². The zero-order valence-electron chi connectivity index (χ0n) is 11.9. The monoisotopic (exact) mass is 258 g/mol. The number of rotatable bonds is 5. The molecule has 102 valence electrons. The van der Waals surface area contributed by atoms with Crippen molar-refractivity contribution in [3.63, 3.8) is 0 Å². The second-order valence-electron chi connectivity index (χ2n) is 5.11. The molecule has 0 bridgehead atoms. The van der Waals surface area contributed by atoms with Crippen molar-refractivity contribution in [2.24, 2.45) is 5.73 Å². The van der Waals surface area contributed by atoms with Gasteiger partial charge < -0.3 is 5.73 Å². The van der Waals surface area contributed by atoms with E-state index in [1.165, 1.54) is 5.56 Å². The van der Waals surface area contributed by atoms with Gasteiger partial charge in [0.15, 0.2) is 0 Å². The van der Waals surface area contributed by atoms with E-state index in [0.717, 1.165) is 24.2 Å².